The quantitative estimate of drug-likeness (QED) is 0.441. The van der Waals surface area contributed by atoms with E-state index in [-0.39, 0.29) is 5.88 Å². The van der Waals surface area contributed by atoms with Gasteiger partial charge in [0.15, 0.2) is 5.75 Å². The van der Waals surface area contributed by atoms with Crippen LogP contribution in [0, 0.1) is 6.92 Å². The van der Waals surface area contributed by atoms with Gasteiger partial charge in [-0.2, -0.15) is 13.2 Å². The number of ether oxygens (including phenoxy) is 1. The van der Waals surface area contributed by atoms with Crippen LogP contribution in [0.2, 0.25) is 0 Å². The summed E-state index contributed by atoms with van der Waals surface area (Å²) < 4.78 is 45.0. The Morgan fingerprint density at radius 3 is 2.52 bits per heavy atom. The highest BCUT2D eigenvalue weighted by Crippen LogP contribution is 2.33. The number of aromatic nitrogens is 3. The molecule has 0 aliphatic heterocycles. The SMILES string of the molecule is Cc1nc2c(Oc3cc(-c4ccc(C(F)(F)F)cc4)ncn3)cccc2s1. The Labute approximate surface area is 156 Å². The summed E-state index contributed by atoms with van der Waals surface area (Å²) in [6.45, 7) is 1.92. The number of benzene rings is 2. The van der Waals surface area contributed by atoms with Gasteiger partial charge in [-0.1, -0.05) is 18.2 Å². The number of fused-ring (bicyclic) bond motifs is 1. The zero-order valence-electron chi connectivity index (χ0n) is 14.0. The van der Waals surface area contributed by atoms with E-state index in [9.17, 15) is 13.2 Å². The smallest absolute Gasteiger partial charge is 0.416 e. The topological polar surface area (TPSA) is 47.9 Å². The molecule has 0 unspecified atom stereocenters. The van der Waals surface area contributed by atoms with Gasteiger partial charge in [-0.05, 0) is 31.2 Å². The van der Waals surface area contributed by atoms with Crippen molar-refractivity contribution in [3.05, 3.63) is 65.4 Å². The highest BCUT2D eigenvalue weighted by molar-refractivity contribution is 7.18. The van der Waals surface area contributed by atoms with Gasteiger partial charge in [-0.3, -0.25) is 0 Å². The van der Waals surface area contributed by atoms with E-state index in [1.807, 2.05) is 19.1 Å². The first-order valence-electron chi connectivity index (χ1n) is 7.94. The van der Waals surface area contributed by atoms with Crippen LogP contribution in [0.5, 0.6) is 11.6 Å². The molecule has 0 saturated heterocycles. The van der Waals surface area contributed by atoms with Gasteiger partial charge in [-0.15, -0.1) is 11.3 Å². The van der Waals surface area contributed by atoms with E-state index in [0.29, 0.717) is 17.0 Å². The van der Waals surface area contributed by atoms with Crippen molar-refractivity contribution in [2.24, 2.45) is 0 Å². The predicted octanol–water partition coefficient (Wildman–Crippen LogP) is 5.87. The van der Waals surface area contributed by atoms with Crippen molar-refractivity contribution in [1.29, 1.82) is 0 Å². The molecular weight excluding hydrogens is 375 g/mol. The number of aryl methyl sites for hydroxylation is 1. The van der Waals surface area contributed by atoms with Crippen molar-refractivity contribution < 1.29 is 17.9 Å². The summed E-state index contributed by atoms with van der Waals surface area (Å²) in [6, 6.07) is 12.0. The summed E-state index contributed by atoms with van der Waals surface area (Å²) in [5.41, 5.74) is 1.05. The van der Waals surface area contributed by atoms with E-state index in [1.165, 1.54) is 18.5 Å². The molecule has 0 atom stereocenters. The maximum Gasteiger partial charge on any atom is 0.416 e. The number of para-hydroxylation sites is 1. The van der Waals surface area contributed by atoms with Gasteiger partial charge in [0.05, 0.1) is 21.0 Å². The van der Waals surface area contributed by atoms with Gasteiger partial charge in [-0.25, -0.2) is 15.0 Å². The first-order chi connectivity index (χ1) is 12.9. The van der Waals surface area contributed by atoms with Crippen LogP contribution in [0.25, 0.3) is 21.5 Å². The van der Waals surface area contributed by atoms with Crippen LogP contribution in [0.4, 0.5) is 13.2 Å². The zero-order valence-corrected chi connectivity index (χ0v) is 14.8. The lowest BCUT2D eigenvalue weighted by Gasteiger charge is -2.09. The first-order valence-corrected chi connectivity index (χ1v) is 8.75. The fourth-order valence-electron chi connectivity index (χ4n) is 2.61. The molecule has 27 heavy (non-hydrogen) atoms. The molecule has 0 aliphatic rings. The second-order valence-corrected chi connectivity index (χ2v) is 6.99. The number of halogens is 3. The minimum atomic E-state index is -4.37. The van der Waals surface area contributed by atoms with Crippen LogP contribution in [0.15, 0.2) is 54.9 Å². The maximum atomic E-state index is 12.7. The summed E-state index contributed by atoms with van der Waals surface area (Å²) in [5, 5.41) is 0.925. The van der Waals surface area contributed by atoms with Crippen molar-refractivity contribution in [2.75, 3.05) is 0 Å². The Balaban J connectivity index is 1.64. The van der Waals surface area contributed by atoms with Crippen LogP contribution in [-0.4, -0.2) is 15.0 Å². The summed E-state index contributed by atoms with van der Waals surface area (Å²) in [6.07, 6.45) is -3.06. The number of alkyl halides is 3. The van der Waals surface area contributed by atoms with E-state index < -0.39 is 11.7 Å². The van der Waals surface area contributed by atoms with Crippen LogP contribution in [-0.2, 0) is 6.18 Å². The highest BCUT2D eigenvalue weighted by Gasteiger charge is 2.30. The average molecular weight is 387 g/mol. The van der Waals surface area contributed by atoms with Gasteiger partial charge in [0.2, 0.25) is 5.88 Å². The fraction of sp³-hybridized carbons (Fsp3) is 0.105. The maximum absolute atomic E-state index is 12.7. The second-order valence-electron chi connectivity index (χ2n) is 5.75. The number of hydrogen-bond donors (Lipinski definition) is 0. The number of nitrogens with zero attached hydrogens (tertiary/aromatic N) is 3. The molecule has 0 radical (unpaired) electrons. The third-order valence-corrected chi connectivity index (χ3v) is 4.79. The summed E-state index contributed by atoms with van der Waals surface area (Å²) in [7, 11) is 0. The second kappa shape index (κ2) is 6.62. The molecule has 0 aliphatic carbocycles. The summed E-state index contributed by atoms with van der Waals surface area (Å²) in [5.74, 6) is 0.854. The molecule has 8 heteroatoms. The molecule has 0 saturated carbocycles. The normalized spacial score (nSPS) is 11.7. The van der Waals surface area contributed by atoms with Crippen LogP contribution < -0.4 is 4.74 Å². The Kier molecular flexibility index (Phi) is 4.27. The van der Waals surface area contributed by atoms with E-state index in [0.717, 1.165) is 27.4 Å². The highest BCUT2D eigenvalue weighted by atomic mass is 32.1. The van der Waals surface area contributed by atoms with Gasteiger partial charge in [0.1, 0.15) is 11.8 Å². The molecule has 0 fully saturated rings. The predicted molar refractivity (Wildman–Crippen MR) is 96.9 cm³/mol. The molecule has 0 N–H and O–H groups in total. The van der Waals surface area contributed by atoms with E-state index in [4.69, 9.17) is 4.74 Å². The minimum absolute atomic E-state index is 0.290. The molecule has 0 amide bonds. The molecule has 2 aromatic heterocycles. The molecule has 0 spiro atoms. The van der Waals surface area contributed by atoms with Crippen molar-refractivity contribution in [3.8, 4) is 22.9 Å². The van der Waals surface area contributed by atoms with Gasteiger partial charge < -0.3 is 4.74 Å². The number of thiazole rings is 1. The van der Waals surface area contributed by atoms with Crippen LogP contribution in [0.1, 0.15) is 10.6 Å². The third-order valence-electron chi connectivity index (χ3n) is 3.85. The third kappa shape index (κ3) is 3.61. The van der Waals surface area contributed by atoms with E-state index >= 15 is 0 Å². The van der Waals surface area contributed by atoms with Crippen molar-refractivity contribution in [2.45, 2.75) is 13.1 Å². The lowest BCUT2D eigenvalue weighted by molar-refractivity contribution is -0.137. The summed E-state index contributed by atoms with van der Waals surface area (Å²) in [4.78, 5) is 12.7. The monoisotopic (exact) mass is 387 g/mol. The lowest BCUT2D eigenvalue weighted by Crippen LogP contribution is -2.04. The van der Waals surface area contributed by atoms with Gasteiger partial charge >= 0.3 is 6.18 Å². The molecule has 2 heterocycles. The van der Waals surface area contributed by atoms with Crippen LogP contribution in [0.3, 0.4) is 0 Å². The molecule has 136 valence electrons. The summed E-state index contributed by atoms with van der Waals surface area (Å²) >= 11 is 1.56. The van der Waals surface area contributed by atoms with Crippen molar-refractivity contribution in [3.63, 3.8) is 0 Å². The van der Waals surface area contributed by atoms with E-state index in [2.05, 4.69) is 15.0 Å². The van der Waals surface area contributed by atoms with E-state index in [1.54, 1.807) is 23.5 Å². The molecule has 4 aromatic rings. The molecule has 2 aromatic carbocycles. The largest absolute Gasteiger partial charge is 0.437 e. The Hall–Kier alpha value is -3.00. The zero-order chi connectivity index (χ0) is 19.0. The molecule has 4 nitrogen and oxygen atoms in total. The molecule has 4 rings (SSSR count). The first kappa shape index (κ1) is 17.4. The van der Waals surface area contributed by atoms with Gasteiger partial charge in [0.25, 0.3) is 0 Å². The Morgan fingerprint density at radius 1 is 1.00 bits per heavy atom. The molecule has 0 bridgehead atoms. The average Bonchev–Trinajstić information content (AvgIpc) is 3.03. The van der Waals surface area contributed by atoms with Gasteiger partial charge in [0, 0.05) is 11.6 Å². The van der Waals surface area contributed by atoms with Crippen molar-refractivity contribution >= 4 is 21.6 Å². The van der Waals surface area contributed by atoms with Crippen molar-refractivity contribution in [1.82, 2.24) is 15.0 Å². The molecular formula is C19H12F3N3OS. The number of rotatable bonds is 3. The fourth-order valence-corrected chi connectivity index (χ4v) is 3.46. The minimum Gasteiger partial charge on any atom is -0.437 e. The number of hydrogen-bond acceptors (Lipinski definition) is 5. The van der Waals surface area contributed by atoms with Crippen LogP contribution >= 0.6 is 11.3 Å². The Morgan fingerprint density at radius 2 is 1.78 bits per heavy atom. The lowest BCUT2D eigenvalue weighted by atomic mass is 10.1. The Bertz CT molecular complexity index is 1110. The standard InChI is InChI=1S/C19H12F3N3OS/c1-11-25-18-15(3-2-4-16(18)27-11)26-17-9-14(23-10-24-17)12-5-7-13(8-6-12)19(20,21)22/h2-10H,1H3.